The number of ketones is 1. The Morgan fingerprint density at radius 3 is 2.63 bits per heavy atom. The van der Waals surface area contributed by atoms with Gasteiger partial charge in [-0.1, -0.05) is 11.6 Å². The second kappa shape index (κ2) is 7.79. The number of rotatable bonds is 7. The molecule has 1 aromatic rings. The number of carbonyl (C=O) groups is 2. The van der Waals surface area contributed by atoms with Gasteiger partial charge in [0.2, 0.25) is 0 Å². The predicted octanol–water partition coefficient (Wildman–Crippen LogP) is 3.26. The number of methoxy groups -OCH3 is 1. The maximum atomic E-state index is 12.1. The fourth-order valence-corrected chi connectivity index (χ4v) is 1.80. The monoisotopic (exact) mass is 284 g/mol. The molecule has 0 atom stereocenters. The van der Waals surface area contributed by atoms with Crippen LogP contribution >= 0.6 is 11.6 Å². The molecule has 0 saturated carbocycles. The number of ether oxygens (including phenoxy) is 2. The quantitative estimate of drug-likeness (QED) is 0.570. The molecular formula is C14H17ClO4. The number of Topliss-reactive ketones (excluding diaryl/α,β-unsaturated/α-hetero) is 1. The lowest BCUT2D eigenvalue weighted by Gasteiger charge is -2.09. The second-order valence-corrected chi connectivity index (χ2v) is 4.36. The minimum atomic E-state index is -0.316. The Kier molecular flexibility index (Phi) is 6.36. The first-order chi connectivity index (χ1) is 9.08. The van der Waals surface area contributed by atoms with Gasteiger partial charge in [0.25, 0.3) is 0 Å². The number of esters is 1. The third kappa shape index (κ3) is 4.91. The number of benzene rings is 1. The molecule has 0 spiro atoms. The van der Waals surface area contributed by atoms with Crippen molar-refractivity contribution in [3.63, 3.8) is 0 Å². The predicted molar refractivity (Wildman–Crippen MR) is 72.8 cm³/mol. The van der Waals surface area contributed by atoms with Crippen molar-refractivity contribution in [1.29, 1.82) is 0 Å². The summed E-state index contributed by atoms with van der Waals surface area (Å²) >= 11 is 5.89. The van der Waals surface area contributed by atoms with Gasteiger partial charge >= 0.3 is 5.97 Å². The summed E-state index contributed by atoms with van der Waals surface area (Å²) in [6.45, 7) is 2.32. The van der Waals surface area contributed by atoms with Crippen LogP contribution in [0.2, 0.25) is 5.02 Å². The lowest BCUT2D eigenvalue weighted by molar-refractivity contribution is -0.140. The number of carbonyl (C=O) groups excluding carboxylic acids is 2. The Morgan fingerprint density at radius 1 is 1.26 bits per heavy atom. The molecule has 19 heavy (non-hydrogen) atoms. The summed E-state index contributed by atoms with van der Waals surface area (Å²) in [5, 5.41) is 0.486. The smallest absolute Gasteiger partial charge is 0.305 e. The van der Waals surface area contributed by atoms with Crippen molar-refractivity contribution in [3.8, 4) is 5.75 Å². The van der Waals surface area contributed by atoms with E-state index in [4.69, 9.17) is 16.3 Å². The van der Waals surface area contributed by atoms with Crippen LogP contribution in [0.25, 0.3) is 0 Å². The van der Waals surface area contributed by atoms with Gasteiger partial charge in [-0.25, -0.2) is 0 Å². The van der Waals surface area contributed by atoms with Gasteiger partial charge in [0.15, 0.2) is 5.78 Å². The van der Waals surface area contributed by atoms with E-state index in [1.165, 1.54) is 7.11 Å². The molecule has 0 bridgehead atoms. The van der Waals surface area contributed by atoms with E-state index >= 15 is 0 Å². The molecule has 0 saturated heterocycles. The van der Waals surface area contributed by atoms with E-state index in [1.807, 2.05) is 6.92 Å². The molecule has 0 aliphatic rings. The molecule has 4 nitrogen and oxygen atoms in total. The van der Waals surface area contributed by atoms with Crippen LogP contribution in [-0.2, 0) is 9.53 Å². The zero-order valence-electron chi connectivity index (χ0n) is 11.1. The van der Waals surface area contributed by atoms with Gasteiger partial charge in [-0.15, -0.1) is 0 Å². The molecule has 0 radical (unpaired) electrons. The zero-order chi connectivity index (χ0) is 14.3. The van der Waals surface area contributed by atoms with Crippen molar-refractivity contribution in [1.82, 2.24) is 0 Å². The van der Waals surface area contributed by atoms with Crippen LogP contribution in [0.1, 0.15) is 36.5 Å². The van der Waals surface area contributed by atoms with Crippen LogP contribution in [-0.4, -0.2) is 25.5 Å². The van der Waals surface area contributed by atoms with Gasteiger partial charge in [-0.05, 0) is 31.5 Å². The molecule has 0 N–H and O–H groups in total. The highest BCUT2D eigenvalue weighted by Crippen LogP contribution is 2.24. The first kappa shape index (κ1) is 15.5. The van der Waals surface area contributed by atoms with Crippen LogP contribution in [0.5, 0.6) is 5.75 Å². The maximum absolute atomic E-state index is 12.1. The lowest BCUT2D eigenvalue weighted by atomic mass is 10.0. The third-order valence-corrected chi connectivity index (χ3v) is 2.79. The molecule has 1 aromatic carbocycles. The Balaban J connectivity index is 2.69. The molecule has 0 aliphatic carbocycles. The molecule has 104 valence electrons. The second-order valence-electron chi connectivity index (χ2n) is 3.93. The Hall–Kier alpha value is -1.55. The van der Waals surface area contributed by atoms with E-state index in [0.717, 1.165) is 0 Å². The summed E-state index contributed by atoms with van der Waals surface area (Å²) in [6, 6.07) is 4.95. The summed E-state index contributed by atoms with van der Waals surface area (Å²) in [7, 11) is 1.33. The summed E-state index contributed by atoms with van der Waals surface area (Å²) in [5.41, 5.74) is 0.458. The average Bonchev–Trinajstić information content (AvgIpc) is 2.40. The minimum absolute atomic E-state index is 0.0881. The Labute approximate surface area is 117 Å². The SMILES string of the molecule is CCOc1ccc(Cl)cc1C(=O)CCCC(=O)OC. The maximum Gasteiger partial charge on any atom is 0.305 e. The van der Waals surface area contributed by atoms with Crippen LogP contribution in [0.4, 0.5) is 0 Å². The Bertz CT molecular complexity index is 457. The van der Waals surface area contributed by atoms with Crippen molar-refractivity contribution in [3.05, 3.63) is 28.8 Å². The summed E-state index contributed by atoms with van der Waals surface area (Å²) < 4.78 is 9.91. The molecule has 0 fully saturated rings. The molecule has 0 unspecified atom stereocenters. The lowest BCUT2D eigenvalue weighted by Crippen LogP contribution is -2.06. The van der Waals surface area contributed by atoms with E-state index in [0.29, 0.717) is 29.4 Å². The van der Waals surface area contributed by atoms with E-state index in [1.54, 1.807) is 18.2 Å². The van der Waals surface area contributed by atoms with Crippen molar-refractivity contribution in [2.75, 3.05) is 13.7 Å². The number of hydrogen-bond acceptors (Lipinski definition) is 4. The first-order valence-electron chi connectivity index (χ1n) is 6.10. The largest absolute Gasteiger partial charge is 0.493 e. The fourth-order valence-electron chi connectivity index (χ4n) is 1.63. The number of halogens is 1. The van der Waals surface area contributed by atoms with Crippen LogP contribution in [0, 0.1) is 0 Å². The van der Waals surface area contributed by atoms with Gasteiger partial charge in [-0.3, -0.25) is 9.59 Å². The van der Waals surface area contributed by atoms with Crippen molar-refractivity contribution in [2.24, 2.45) is 0 Å². The summed E-state index contributed by atoms with van der Waals surface area (Å²) in [5.74, 6) is 0.119. The molecule has 0 aliphatic heterocycles. The Morgan fingerprint density at radius 2 is 2.00 bits per heavy atom. The fraction of sp³-hybridized carbons (Fsp3) is 0.429. The normalized spacial score (nSPS) is 10.1. The molecule has 0 amide bonds. The standard InChI is InChI=1S/C14H17ClO4/c1-3-19-13-8-7-10(15)9-11(13)12(16)5-4-6-14(17)18-2/h7-9H,3-6H2,1-2H3. The highest BCUT2D eigenvalue weighted by molar-refractivity contribution is 6.31. The zero-order valence-corrected chi connectivity index (χ0v) is 11.8. The third-order valence-electron chi connectivity index (χ3n) is 2.55. The van der Waals surface area contributed by atoms with E-state index in [9.17, 15) is 9.59 Å². The highest BCUT2D eigenvalue weighted by atomic mass is 35.5. The van der Waals surface area contributed by atoms with Crippen LogP contribution < -0.4 is 4.74 Å². The van der Waals surface area contributed by atoms with Crippen molar-refractivity contribution >= 4 is 23.4 Å². The molecule has 5 heteroatoms. The van der Waals surface area contributed by atoms with Gasteiger partial charge in [0.05, 0.1) is 19.3 Å². The first-order valence-corrected chi connectivity index (χ1v) is 6.48. The topological polar surface area (TPSA) is 52.6 Å². The van der Waals surface area contributed by atoms with Gasteiger partial charge in [-0.2, -0.15) is 0 Å². The van der Waals surface area contributed by atoms with E-state index in [-0.39, 0.29) is 24.6 Å². The average molecular weight is 285 g/mol. The summed E-state index contributed by atoms with van der Waals surface area (Å²) in [6.07, 6.45) is 0.936. The number of hydrogen-bond donors (Lipinski definition) is 0. The van der Waals surface area contributed by atoms with Crippen molar-refractivity contribution in [2.45, 2.75) is 26.2 Å². The highest BCUT2D eigenvalue weighted by Gasteiger charge is 2.14. The van der Waals surface area contributed by atoms with Crippen LogP contribution in [0.3, 0.4) is 0 Å². The minimum Gasteiger partial charge on any atom is -0.493 e. The van der Waals surface area contributed by atoms with Gasteiger partial charge < -0.3 is 9.47 Å². The molecule has 0 aromatic heterocycles. The van der Waals surface area contributed by atoms with Gasteiger partial charge in [0, 0.05) is 17.9 Å². The van der Waals surface area contributed by atoms with Crippen LogP contribution in [0.15, 0.2) is 18.2 Å². The molecule has 1 rings (SSSR count). The summed E-state index contributed by atoms with van der Waals surface area (Å²) in [4.78, 5) is 23.0. The molecular weight excluding hydrogens is 268 g/mol. The van der Waals surface area contributed by atoms with E-state index < -0.39 is 0 Å². The van der Waals surface area contributed by atoms with Gasteiger partial charge in [0.1, 0.15) is 5.75 Å². The van der Waals surface area contributed by atoms with E-state index in [2.05, 4.69) is 4.74 Å². The molecule has 0 heterocycles. The van der Waals surface area contributed by atoms with Crippen molar-refractivity contribution < 1.29 is 19.1 Å².